The highest BCUT2D eigenvalue weighted by molar-refractivity contribution is 5.63. The topological polar surface area (TPSA) is 63.2 Å². The van der Waals surface area contributed by atoms with Crippen LogP contribution < -0.4 is 5.73 Å². The van der Waals surface area contributed by atoms with Gasteiger partial charge < -0.3 is 10.6 Å². The molecule has 0 radical (unpaired) electrons. The van der Waals surface area contributed by atoms with Gasteiger partial charge in [-0.2, -0.15) is 18.3 Å². The number of likely N-dealkylation sites (N-methyl/N-ethyl adjacent to an activating group) is 1. The molecule has 5 atom stereocenters. The third-order valence-corrected chi connectivity index (χ3v) is 7.89. The number of pyridine rings is 1. The van der Waals surface area contributed by atoms with Crippen molar-refractivity contribution in [3.05, 3.63) is 29.6 Å². The van der Waals surface area contributed by atoms with Crippen molar-refractivity contribution in [3.8, 4) is 11.3 Å². The fourth-order valence-electron chi connectivity index (χ4n) is 6.27. The standard InChI is InChI=1S/C24H33F3N6/c1-13(2)33-21(10-20(30-33)15-7-19(24(25,26)27)23(28)29-11-15)22-17-8-16(9-18(17)22)32-6-5-31(4)12-14(32)3/h7,10-11,13-14,16-18,22H,5-6,8-9,12H2,1-4H3,(H2,28,29)/t14-,16-,17+,18-,22-/m0/s1. The smallest absolute Gasteiger partial charge is 0.383 e. The molecule has 0 spiro atoms. The lowest BCUT2D eigenvalue weighted by molar-refractivity contribution is -0.137. The average Bonchev–Trinajstić information content (AvgIpc) is 3.07. The fourth-order valence-corrected chi connectivity index (χ4v) is 6.27. The molecule has 2 aliphatic carbocycles. The summed E-state index contributed by atoms with van der Waals surface area (Å²) in [5, 5.41) is 4.70. The van der Waals surface area contributed by atoms with E-state index in [1.807, 2.05) is 10.7 Å². The van der Waals surface area contributed by atoms with Gasteiger partial charge in [0, 0.05) is 61.1 Å². The predicted molar refractivity (Wildman–Crippen MR) is 122 cm³/mol. The number of hydrogen-bond acceptors (Lipinski definition) is 5. The van der Waals surface area contributed by atoms with E-state index in [1.165, 1.54) is 19.0 Å². The lowest BCUT2D eigenvalue weighted by Gasteiger charge is -2.42. The molecule has 0 aromatic carbocycles. The van der Waals surface area contributed by atoms with Crippen LogP contribution in [0.5, 0.6) is 0 Å². The van der Waals surface area contributed by atoms with Crippen LogP contribution in [0.15, 0.2) is 18.3 Å². The lowest BCUT2D eigenvalue weighted by Crippen LogP contribution is -2.54. The highest BCUT2D eigenvalue weighted by Crippen LogP contribution is 2.64. The largest absolute Gasteiger partial charge is 0.419 e. The van der Waals surface area contributed by atoms with Crippen molar-refractivity contribution in [2.24, 2.45) is 11.8 Å². The summed E-state index contributed by atoms with van der Waals surface area (Å²) in [5.41, 5.74) is 6.61. The van der Waals surface area contributed by atoms with E-state index in [0.717, 1.165) is 31.4 Å². The molecule has 1 saturated heterocycles. The Labute approximate surface area is 192 Å². The molecule has 0 amide bonds. The molecule has 9 heteroatoms. The van der Waals surface area contributed by atoms with Crippen LogP contribution in [0, 0.1) is 11.8 Å². The van der Waals surface area contributed by atoms with Gasteiger partial charge in [-0.05, 0) is 64.6 Å². The first kappa shape index (κ1) is 22.7. The second-order valence-corrected chi connectivity index (χ2v) is 10.5. The van der Waals surface area contributed by atoms with E-state index in [4.69, 9.17) is 10.8 Å². The summed E-state index contributed by atoms with van der Waals surface area (Å²) in [5.74, 6) is 1.21. The third kappa shape index (κ3) is 4.03. The average molecular weight is 463 g/mol. The third-order valence-electron chi connectivity index (χ3n) is 7.89. The second kappa shape index (κ2) is 7.98. The Morgan fingerprint density at radius 3 is 2.42 bits per heavy atom. The zero-order valence-corrected chi connectivity index (χ0v) is 19.7. The van der Waals surface area contributed by atoms with Crippen LogP contribution in [0.25, 0.3) is 11.3 Å². The molecule has 0 unspecified atom stereocenters. The van der Waals surface area contributed by atoms with Gasteiger partial charge in [0.1, 0.15) is 5.82 Å². The summed E-state index contributed by atoms with van der Waals surface area (Å²) in [4.78, 5) is 8.89. The number of aromatic nitrogens is 3. The highest BCUT2D eigenvalue weighted by Gasteiger charge is 2.59. The number of rotatable bonds is 4. The molecule has 2 aromatic heterocycles. The zero-order valence-electron chi connectivity index (χ0n) is 19.7. The van der Waals surface area contributed by atoms with Crippen molar-refractivity contribution in [1.29, 1.82) is 0 Å². The molecule has 3 heterocycles. The Bertz CT molecular complexity index is 1020. The summed E-state index contributed by atoms with van der Waals surface area (Å²) in [6, 6.07) is 4.40. The van der Waals surface area contributed by atoms with E-state index in [1.54, 1.807) is 0 Å². The maximum atomic E-state index is 13.3. The molecule has 0 bridgehead atoms. The summed E-state index contributed by atoms with van der Waals surface area (Å²) in [6.07, 6.45) is -0.757. The number of nitrogen functional groups attached to an aromatic ring is 1. The van der Waals surface area contributed by atoms with Gasteiger partial charge in [-0.1, -0.05) is 0 Å². The number of piperazine rings is 1. The van der Waals surface area contributed by atoms with Crippen LogP contribution in [0.2, 0.25) is 0 Å². The molecule has 3 aliphatic rings. The number of alkyl halides is 3. The minimum Gasteiger partial charge on any atom is -0.383 e. The Kier molecular flexibility index (Phi) is 5.47. The van der Waals surface area contributed by atoms with Gasteiger partial charge in [0.25, 0.3) is 0 Å². The van der Waals surface area contributed by atoms with E-state index in [0.29, 0.717) is 41.1 Å². The van der Waals surface area contributed by atoms with Crippen molar-refractivity contribution in [2.45, 2.75) is 63.8 Å². The van der Waals surface area contributed by atoms with Gasteiger partial charge in [-0.15, -0.1) is 0 Å². The van der Waals surface area contributed by atoms with Crippen LogP contribution in [-0.4, -0.2) is 63.3 Å². The molecule has 6 nitrogen and oxygen atoms in total. The molecule has 2 aromatic rings. The fraction of sp³-hybridized carbons (Fsp3) is 0.667. The minimum atomic E-state index is -4.54. The molecular formula is C24H33F3N6. The van der Waals surface area contributed by atoms with Crippen molar-refractivity contribution >= 4 is 5.82 Å². The zero-order chi connectivity index (χ0) is 23.7. The lowest BCUT2D eigenvalue weighted by atomic mass is 10.00. The van der Waals surface area contributed by atoms with Crippen molar-refractivity contribution in [2.75, 3.05) is 32.4 Å². The maximum Gasteiger partial charge on any atom is 0.419 e. The Balaban J connectivity index is 1.36. The van der Waals surface area contributed by atoms with Gasteiger partial charge in [-0.25, -0.2) is 4.98 Å². The number of halogens is 3. The summed E-state index contributed by atoms with van der Waals surface area (Å²) in [7, 11) is 2.19. The van der Waals surface area contributed by atoms with Crippen LogP contribution in [0.1, 0.15) is 56.8 Å². The first-order valence-corrected chi connectivity index (χ1v) is 11.9. The Morgan fingerprint density at radius 2 is 1.82 bits per heavy atom. The minimum absolute atomic E-state index is 0.132. The summed E-state index contributed by atoms with van der Waals surface area (Å²) >= 11 is 0. The van der Waals surface area contributed by atoms with Gasteiger partial charge in [0.05, 0.1) is 11.3 Å². The number of anilines is 1. The molecule has 5 rings (SSSR count). The predicted octanol–water partition coefficient (Wildman–Crippen LogP) is 4.25. The summed E-state index contributed by atoms with van der Waals surface area (Å²) < 4.78 is 42.0. The van der Waals surface area contributed by atoms with Gasteiger partial charge in [-0.3, -0.25) is 9.58 Å². The number of nitrogens with two attached hydrogens (primary N) is 1. The molecule has 33 heavy (non-hydrogen) atoms. The van der Waals surface area contributed by atoms with E-state index in [2.05, 4.69) is 42.6 Å². The van der Waals surface area contributed by atoms with E-state index in [9.17, 15) is 13.2 Å². The van der Waals surface area contributed by atoms with Crippen LogP contribution in [0.4, 0.5) is 19.0 Å². The quantitative estimate of drug-likeness (QED) is 0.736. The SMILES string of the molecule is CC(C)n1nc(-c2cnc(N)c(C(F)(F)F)c2)cc1[C@H]1[C@@H]2C[C@H](N3CCN(C)C[C@@H]3C)C[C@@H]21. The normalized spacial score (nSPS) is 30.7. The maximum absolute atomic E-state index is 13.3. The number of hydrogen-bond donors (Lipinski definition) is 1. The Hall–Kier alpha value is -2.13. The van der Waals surface area contributed by atoms with Crippen molar-refractivity contribution < 1.29 is 13.2 Å². The van der Waals surface area contributed by atoms with E-state index < -0.39 is 17.6 Å². The van der Waals surface area contributed by atoms with Crippen LogP contribution in [-0.2, 0) is 6.18 Å². The molecule has 180 valence electrons. The van der Waals surface area contributed by atoms with Crippen LogP contribution >= 0.6 is 0 Å². The first-order valence-electron chi connectivity index (χ1n) is 11.9. The molecule has 1 aliphatic heterocycles. The van der Waals surface area contributed by atoms with Crippen molar-refractivity contribution in [1.82, 2.24) is 24.6 Å². The van der Waals surface area contributed by atoms with Gasteiger partial charge >= 0.3 is 6.18 Å². The monoisotopic (exact) mass is 462 g/mol. The van der Waals surface area contributed by atoms with E-state index in [-0.39, 0.29) is 6.04 Å². The first-order chi connectivity index (χ1) is 15.5. The second-order valence-electron chi connectivity index (χ2n) is 10.5. The van der Waals surface area contributed by atoms with E-state index >= 15 is 0 Å². The van der Waals surface area contributed by atoms with Crippen LogP contribution in [0.3, 0.4) is 0 Å². The molecule has 3 fully saturated rings. The molecule has 2 N–H and O–H groups in total. The Morgan fingerprint density at radius 1 is 1.12 bits per heavy atom. The number of fused-ring (bicyclic) bond motifs is 1. The summed E-state index contributed by atoms with van der Waals surface area (Å²) in [6.45, 7) is 9.83. The van der Waals surface area contributed by atoms with Gasteiger partial charge in [0.15, 0.2) is 0 Å². The highest BCUT2D eigenvalue weighted by atomic mass is 19.4. The van der Waals surface area contributed by atoms with Gasteiger partial charge in [0.2, 0.25) is 0 Å². The molecular weight excluding hydrogens is 429 g/mol. The molecule has 2 saturated carbocycles. The van der Waals surface area contributed by atoms with Crippen molar-refractivity contribution in [3.63, 3.8) is 0 Å². The number of nitrogens with zero attached hydrogens (tertiary/aromatic N) is 5.